The molecule has 0 fully saturated rings. The zero-order valence-corrected chi connectivity index (χ0v) is 9.55. The lowest BCUT2D eigenvalue weighted by Crippen LogP contribution is -2.31. The summed E-state index contributed by atoms with van der Waals surface area (Å²) in [7, 11) is 1.93. The first-order valence-electron chi connectivity index (χ1n) is 4.81. The average Bonchev–Trinajstić information content (AvgIpc) is 2.60. The Morgan fingerprint density at radius 1 is 1.71 bits per heavy atom. The molecule has 0 aliphatic heterocycles. The maximum absolute atomic E-state index is 5.51. The van der Waals surface area contributed by atoms with Crippen molar-refractivity contribution < 1.29 is 0 Å². The maximum Gasteiger partial charge on any atom is 0.0719 e. The Bertz CT molecular complexity index is 261. The summed E-state index contributed by atoms with van der Waals surface area (Å²) < 4.78 is 1.86. The second kappa shape index (κ2) is 6.06. The number of rotatable bonds is 6. The molecule has 0 radical (unpaired) electrons. The third-order valence-corrected chi connectivity index (χ3v) is 3.32. The minimum absolute atomic E-state index is 0.194. The molecule has 1 unspecified atom stereocenters. The Hall–Kier alpha value is -0.520. The van der Waals surface area contributed by atoms with Crippen molar-refractivity contribution in [3.63, 3.8) is 0 Å². The van der Waals surface area contributed by atoms with E-state index in [4.69, 9.17) is 5.84 Å². The Kier molecular flexibility index (Phi) is 5.00. The van der Waals surface area contributed by atoms with E-state index in [9.17, 15) is 0 Å². The molecule has 3 N–H and O–H groups in total. The summed E-state index contributed by atoms with van der Waals surface area (Å²) in [5.74, 6) is 7.68. The van der Waals surface area contributed by atoms with Crippen LogP contribution in [0.4, 0.5) is 0 Å². The largest absolute Gasteiger partial charge is 0.271 e. The molecule has 1 atom stereocenters. The summed E-state index contributed by atoms with van der Waals surface area (Å²) in [6.07, 6.45) is 3.00. The van der Waals surface area contributed by atoms with Crippen molar-refractivity contribution in [1.29, 1.82) is 0 Å². The van der Waals surface area contributed by atoms with Gasteiger partial charge in [0, 0.05) is 19.0 Å². The molecule has 0 aliphatic rings. The van der Waals surface area contributed by atoms with Crippen LogP contribution in [0, 0.1) is 0 Å². The van der Waals surface area contributed by atoms with Gasteiger partial charge in [-0.3, -0.25) is 16.0 Å². The zero-order chi connectivity index (χ0) is 10.4. The molecule has 0 saturated carbocycles. The number of aryl methyl sites for hydroxylation is 1. The predicted octanol–water partition coefficient (Wildman–Crippen LogP) is 1.07. The van der Waals surface area contributed by atoms with Gasteiger partial charge in [0.15, 0.2) is 0 Å². The van der Waals surface area contributed by atoms with Crippen LogP contribution < -0.4 is 11.3 Å². The van der Waals surface area contributed by atoms with E-state index in [-0.39, 0.29) is 6.04 Å². The number of nitrogens with zero attached hydrogens (tertiary/aromatic N) is 2. The van der Waals surface area contributed by atoms with E-state index in [0.717, 1.165) is 11.4 Å². The summed E-state index contributed by atoms with van der Waals surface area (Å²) in [5.41, 5.74) is 3.96. The Morgan fingerprint density at radius 2 is 2.50 bits per heavy atom. The normalized spacial score (nSPS) is 13.1. The van der Waals surface area contributed by atoms with Crippen molar-refractivity contribution in [2.24, 2.45) is 12.9 Å². The first kappa shape index (κ1) is 11.6. The van der Waals surface area contributed by atoms with Crippen molar-refractivity contribution in [2.75, 3.05) is 11.5 Å². The number of thioether (sulfide) groups is 1. The SMILES string of the molecule is CCCSCC(NN)c1ccnn1C. The van der Waals surface area contributed by atoms with Crippen molar-refractivity contribution in [3.05, 3.63) is 18.0 Å². The fourth-order valence-electron chi connectivity index (χ4n) is 1.29. The van der Waals surface area contributed by atoms with E-state index in [1.165, 1.54) is 12.2 Å². The maximum atomic E-state index is 5.51. The smallest absolute Gasteiger partial charge is 0.0719 e. The molecule has 4 nitrogen and oxygen atoms in total. The van der Waals surface area contributed by atoms with Gasteiger partial charge >= 0.3 is 0 Å². The second-order valence-corrected chi connectivity index (χ2v) is 4.32. The van der Waals surface area contributed by atoms with Crippen LogP contribution in [0.2, 0.25) is 0 Å². The first-order valence-corrected chi connectivity index (χ1v) is 5.96. The van der Waals surface area contributed by atoms with E-state index in [1.54, 1.807) is 6.20 Å². The quantitative estimate of drug-likeness (QED) is 0.422. The van der Waals surface area contributed by atoms with Crippen LogP contribution in [0.3, 0.4) is 0 Å². The highest BCUT2D eigenvalue weighted by Gasteiger charge is 2.12. The van der Waals surface area contributed by atoms with Gasteiger partial charge in [-0.25, -0.2) is 0 Å². The number of aromatic nitrogens is 2. The van der Waals surface area contributed by atoms with Gasteiger partial charge in [0.25, 0.3) is 0 Å². The molecule has 1 aromatic rings. The predicted molar refractivity (Wildman–Crippen MR) is 60.9 cm³/mol. The number of hydrogen-bond acceptors (Lipinski definition) is 4. The summed E-state index contributed by atoms with van der Waals surface area (Å²) in [5, 5.41) is 4.13. The van der Waals surface area contributed by atoms with E-state index in [1.807, 2.05) is 29.6 Å². The minimum atomic E-state index is 0.194. The third-order valence-electron chi connectivity index (χ3n) is 2.05. The van der Waals surface area contributed by atoms with Crippen LogP contribution in [0.25, 0.3) is 0 Å². The van der Waals surface area contributed by atoms with Crippen LogP contribution in [0.15, 0.2) is 12.3 Å². The molecule has 0 spiro atoms. The number of nitrogens with two attached hydrogens (primary N) is 1. The first-order chi connectivity index (χ1) is 6.79. The Labute approximate surface area is 89.2 Å². The Balaban J connectivity index is 2.50. The molecule has 0 aromatic carbocycles. The molecule has 0 bridgehead atoms. The lowest BCUT2D eigenvalue weighted by atomic mass is 10.2. The van der Waals surface area contributed by atoms with Crippen LogP contribution >= 0.6 is 11.8 Å². The van der Waals surface area contributed by atoms with Crippen molar-refractivity contribution in [2.45, 2.75) is 19.4 Å². The Morgan fingerprint density at radius 3 is 3.00 bits per heavy atom. The highest BCUT2D eigenvalue weighted by atomic mass is 32.2. The number of hydrogen-bond donors (Lipinski definition) is 2. The molecule has 1 heterocycles. The van der Waals surface area contributed by atoms with Gasteiger partial charge in [-0.2, -0.15) is 16.9 Å². The topological polar surface area (TPSA) is 55.9 Å². The molecule has 0 amide bonds. The monoisotopic (exact) mass is 214 g/mol. The van der Waals surface area contributed by atoms with Gasteiger partial charge in [-0.1, -0.05) is 6.92 Å². The van der Waals surface area contributed by atoms with E-state index < -0.39 is 0 Å². The molecule has 1 aromatic heterocycles. The summed E-state index contributed by atoms with van der Waals surface area (Å²) in [4.78, 5) is 0. The minimum Gasteiger partial charge on any atom is -0.271 e. The lowest BCUT2D eigenvalue weighted by Gasteiger charge is -2.15. The van der Waals surface area contributed by atoms with Gasteiger partial charge in [0.05, 0.1) is 11.7 Å². The second-order valence-electron chi connectivity index (χ2n) is 3.17. The standard InChI is InChI=1S/C9H18N4S/c1-3-6-14-7-8(12-10)9-4-5-11-13(9)2/h4-5,8,12H,3,6-7,10H2,1-2H3. The molecule has 5 heteroatoms. The van der Waals surface area contributed by atoms with Crippen LogP contribution in [-0.4, -0.2) is 21.3 Å². The zero-order valence-electron chi connectivity index (χ0n) is 8.73. The van der Waals surface area contributed by atoms with E-state index >= 15 is 0 Å². The number of nitrogens with one attached hydrogen (secondary N) is 1. The van der Waals surface area contributed by atoms with Gasteiger partial charge in [0.2, 0.25) is 0 Å². The van der Waals surface area contributed by atoms with E-state index in [0.29, 0.717) is 0 Å². The van der Waals surface area contributed by atoms with Gasteiger partial charge in [-0.05, 0) is 18.2 Å². The van der Waals surface area contributed by atoms with Crippen molar-refractivity contribution in [1.82, 2.24) is 15.2 Å². The third kappa shape index (κ3) is 3.01. The fraction of sp³-hybridized carbons (Fsp3) is 0.667. The average molecular weight is 214 g/mol. The highest BCUT2D eigenvalue weighted by molar-refractivity contribution is 7.99. The fourth-order valence-corrected chi connectivity index (χ4v) is 2.25. The van der Waals surface area contributed by atoms with E-state index in [2.05, 4.69) is 17.4 Å². The summed E-state index contributed by atoms with van der Waals surface area (Å²) in [6.45, 7) is 2.18. The van der Waals surface area contributed by atoms with Crippen molar-refractivity contribution >= 4 is 11.8 Å². The van der Waals surface area contributed by atoms with Gasteiger partial charge < -0.3 is 0 Å². The van der Waals surface area contributed by atoms with Gasteiger partial charge in [-0.15, -0.1) is 0 Å². The van der Waals surface area contributed by atoms with Crippen LogP contribution in [-0.2, 0) is 7.05 Å². The summed E-state index contributed by atoms with van der Waals surface area (Å²) >= 11 is 1.91. The lowest BCUT2D eigenvalue weighted by molar-refractivity contribution is 0.554. The van der Waals surface area contributed by atoms with Crippen molar-refractivity contribution in [3.8, 4) is 0 Å². The molecule has 0 aliphatic carbocycles. The summed E-state index contributed by atoms with van der Waals surface area (Å²) in [6, 6.07) is 2.19. The van der Waals surface area contributed by atoms with Gasteiger partial charge in [0.1, 0.15) is 0 Å². The molecular weight excluding hydrogens is 196 g/mol. The van der Waals surface area contributed by atoms with Crippen LogP contribution in [0.5, 0.6) is 0 Å². The molecule has 80 valence electrons. The molecule has 14 heavy (non-hydrogen) atoms. The highest BCUT2D eigenvalue weighted by Crippen LogP contribution is 2.16. The number of hydrazine groups is 1. The van der Waals surface area contributed by atoms with Crippen LogP contribution in [0.1, 0.15) is 25.1 Å². The molecule has 1 rings (SSSR count). The molecular formula is C9H18N4S. The molecule has 0 saturated heterocycles.